The lowest BCUT2D eigenvalue weighted by Crippen LogP contribution is -2.54. The normalized spacial score (nSPS) is 29.2. The number of rotatable bonds is 8. The summed E-state index contributed by atoms with van der Waals surface area (Å²) in [5, 5.41) is 4.47. The van der Waals surface area contributed by atoms with Crippen molar-refractivity contribution in [2.75, 3.05) is 7.11 Å². The molecule has 4 saturated carbocycles. The van der Waals surface area contributed by atoms with E-state index in [1.165, 1.54) is 44.1 Å². The Bertz CT molecular complexity index is 937. The number of nitrogens with one attached hydrogen (secondary N) is 1. The molecular weight excluding hydrogens is 418 g/mol. The summed E-state index contributed by atoms with van der Waals surface area (Å²) < 4.78 is 11.7. The summed E-state index contributed by atoms with van der Waals surface area (Å²) in [7, 11) is 1.68. The molecule has 0 radical (unpaired) electrons. The molecule has 0 spiro atoms. The van der Waals surface area contributed by atoms with Gasteiger partial charge in [-0.3, -0.25) is 0 Å². The van der Waals surface area contributed by atoms with E-state index in [2.05, 4.69) is 37.4 Å². The van der Waals surface area contributed by atoms with Crippen LogP contribution in [0.5, 0.6) is 11.5 Å². The average molecular weight is 454 g/mol. The van der Waals surface area contributed by atoms with Crippen LogP contribution in [-0.2, 0) is 13.2 Å². The lowest BCUT2D eigenvalue weighted by molar-refractivity contribution is -0.0706. The van der Waals surface area contributed by atoms with Gasteiger partial charge in [0.25, 0.3) is 0 Å². The molecule has 0 heterocycles. The van der Waals surface area contributed by atoms with E-state index in [9.17, 15) is 0 Å². The maximum atomic E-state index is 6.66. The highest BCUT2D eigenvalue weighted by molar-refractivity contribution is 6.32. The van der Waals surface area contributed by atoms with E-state index in [1.807, 2.05) is 18.2 Å². The van der Waals surface area contributed by atoms with E-state index in [0.717, 1.165) is 35.4 Å². The zero-order valence-electron chi connectivity index (χ0n) is 19.6. The van der Waals surface area contributed by atoms with Gasteiger partial charge in [0.2, 0.25) is 0 Å². The topological polar surface area (TPSA) is 30.5 Å². The Morgan fingerprint density at radius 3 is 2.34 bits per heavy atom. The van der Waals surface area contributed by atoms with Crippen molar-refractivity contribution < 1.29 is 9.47 Å². The molecule has 1 unspecified atom stereocenters. The van der Waals surface area contributed by atoms with Gasteiger partial charge in [-0.05, 0) is 104 Å². The maximum absolute atomic E-state index is 6.66. The van der Waals surface area contributed by atoms with Gasteiger partial charge < -0.3 is 14.8 Å². The van der Waals surface area contributed by atoms with Gasteiger partial charge in [0.05, 0.1) is 12.1 Å². The van der Waals surface area contributed by atoms with Gasteiger partial charge in [-0.2, -0.15) is 0 Å². The van der Waals surface area contributed by atoms with Crippen LogP contribution in [0.4, 0.5) is 0 Å². The second kappa shape index (κ2) is 8.91. The van der Waals surface area contributed by atoms with Crippen LogP contribution in [-0.4, -0.2) is 13.2 Å². The summed E-state index contributed by atoms with van der Waals surface area (Å²) in [6, 6.07) is 12.9. The molecule has 4 aliphatic rings. The third kappa shape index (κ3) is 4.26. The number of ether oxygens (including phenoxy) is 2. The second-order valence-electron chi connectivity index (χ2n) is 10.7. The van der Waals surface area contributed by atoms with Crippen molar-refractivity contribution in [3.8, 4) is 11.5 Å². The summed E-state index contributed by atoms with van der Waals surface area (Å²) in [6.07, 6.45) is 8.73. The fraction of sp³-hybridized carbons (Fsp3) is 0.571. The monoisotopic (exact) mass is 453 g/mol. The Kier molecular flexibility index (Phi) is 6.15. The SMILES string of the molecule is COc1cc(CNC(C)C23CC4CC(CC(C4)C2)C3)cc(Cl)c1OCc1ccccc1C. The van der Waals surface area contributed by atoms with Crippen LogP contribution in [0, 0.1) is 30.1 Å². The highest BCUT2D eigenvalue weighted by Gasteiger charge is 2.52. The van der Waals surface area contributed by atoms with Crippen LogP contribution >= 0.6 is 11.6 Å². The number of aryl methyl sites for hydroxylation is 1. The zero-order chi connectivity index (χ0) is 22.3. The van der Waals surface area contributed by atoms with Crippen molar-refractivity contribution in [2.45, 2.75) is 71.6 Å². The van der Waals surface area contributed by atoms with Gasteiger partial charge in [0.1, 0.15) is 6.61 Å². The third-order valence-electron chi connectivity index (χ3n) is 8.54. The number of halogens is 1. The van der Waals surface area contributed by atoms with E-state index < -0.39 is 0 Å². The Balaban J connectivity index is 1.25. The Labute approximate surface area is 197 Å². The molecule has 1 atom stereocenters. The molecule has 0 saturated heterocycles. The summed E-state index contributed by atoms with van der Waals surface area (Å²) in [5.74, 6) is 4.25. The number of benzene rings is 2. The molecule has 2 aromatic rings. The number of hydrogen-bond donors (Lipinski definition) is 1. The molecule has 0 aromatic heterocycles. The van der Waals surface area contributed by atoms with Gasteiger partial charge in [-0.15, -0.1) is 0 Å². The van der Waals surface area contributed by atoms with E-state index >= 15 is 0 Å². The van der Waals surface area contributed by atoms with Crippen molar-refractivity contribution in [2.24, 2.45) is 23.2 Å². The Morgan fingerprint density at radius 1 is 1.06 bits per heavy atom. The summed E-state index contributed by atoms with van der Waals surface area (Å²) in [5.41, 5.74) is 4.01. The standard InChI is InChI=1S/C28H36ClNO2/c1-18-6-4-5-7-24(18)17-32-27-25(29)11-23(12-26(27)31-3)16-30-19(2)28-13-20-8-21(14-28)10-22(9-20)15-28/h4-7,11-12,19-22,30H,8-10,13-17H2,1-3H3. The predicted molar refractivity (Wildman–Crippen MR) is 130 cm³/mol. The first-order chi connectivity index (χ1) is 15.5. The summed E-state index contributed by atoms with van der Waals surface area (Å²) in [4.78, 5) is 0. The first-order valence-electron chi connectivity index (χ1n) is 12.2. The van der Waals surface area contributed by atoms with Crippen LogP contribution in [0.1, 0.15) is 62.1 Å². The van der Waals surface area contributed by atoms with Crippen LogP contribution < -0.4 is 14.8 Å². The van der Waals surface area contributed by atoms with Crippen LogP contribution in [0.25, 0.3) is 0 Å². The van der Waals surface area contributed by atoms with Crippen LogP contribution in [0.2, 0.25) is 5.02 Å². The van der Waals surface area contributed by atoms with Crippen molar-refractivity contribution >= 4 is 11.6 Å². The first kappa shape index (κ1) is 22.1. The first-order valence-corrected chi connectivity index (χ1v) is 12.6. The fourth-order valence-electron chi connectivity index (χ4n) is 7.13. The highest BCUT2D eigenvalue weighted by Crippen LogP contribution is 2.61. The van der Waals surface area contributed by atoms with E-state index in [0.29, 0.717) is 34.6 Å². The third-order valence-corrected chi connectivity index (χ3v) is 8.82. The number of hydrogen-bond acceptors (Lipinski definition) is 3. The molecule has 6 rings (SSSR count). The molecule has 32 heavy (non-hydrogen) atoms. The molecule has 0 amide bonds. The number of methoxy groups -OCH3 is 1. The zero-order valence-corrected chi connectivity index (χ0v) is 20.4. The molecule has 4 aliphatic carbocycles. The van der Waals surface area contributed by atoms with E-state index in [-0.39, 0.29) is 0 Å². The van der Waals surface area contributed by atoms with Crippen LogP contribution in [0.15, 0.2) is 36.4 Å². The van der Waals surface area contributed by atoms with Crippen molar-refractivity contribution in [3.05, 3.63) is 58.1 Å². The summed E-state index contributed by atoms with van der Waals surface area (Å²) in [6.45, 7) is 5.78. The molecule has 4 heteroatoms. The molecule has 4 bridgehead atoms. The van der Waals surface area contributed by atoms with Crippen molar-refractivity contribution in [3.63, 3.8) is 0 Å². The molecule has 3 nitrogen and oxygen atoms in total. The van der Waals surface area contributed by atoms with Crippen molar-refractivity contribution in [1.29, 1.82) is 0 Å². The minimum atomic E-state index is 0.476. The quantitative estimate of drug-likeness (QED) is 0.470. The minimum Gasteiger partial charge on any atom is -0.493 e. The van der Waals surface area contributed by atoms with Crippen LogP contribution in [0.3, 0.4) is 0 Å². The molecular formula is C28H36ClNO2. The maximum Gasteiger partial charge on any atom is 0.180 e. The minimum absolute atomic E-state index is 0.476. The van der Waals surface area contributed by atoms with Gasteiger partial charge in [-0.1, -0.05) is 35.9 Å². The molecule has 1 N–H and O–H groups in total. The smallest absolute Gasteiger partial charge is 0.180 e. The van der Waals surface area contributed by atoms with Gasteiger partial charge in [0, 0.05) is 12.6 Å². The van der Waals surface area contributed by atoms with Crippen molar-refractivity contribution in [1.82, 2.24) is 5.32 Å². The predicted octanol–water partition coefficient (Wildman–Crippen LogP) is 6.93. The summed E-state index contributed by atoms with van der Waals surface area (Å²) >= 11 is 6.66. The lowest BCUT2D eigenvalue weighted by Gasteiger charge is -2.59. The van der Waals surface area contributed by atoms with E-state index in [4.69, 9.17) is 21.1 Å². The molecule has 172 valence electrons. The Hall–Kier alpha value is -1.71. The molecule has 4 fully saturated rings. The van der Waals surface area contributed by atoms with Gasteiger partial charge in [-0.25, -0.2) is 0 Å². The lowest BCUT2D eigenvalue weighted by atomic mass is 9.48. The second-order valence-corrected chi connectivity index (χ2v) is 11.1. The van der Waals surface area contributed by atoms with Gasteiger partial charge >= 0.3 is 0 Å². The average Bonchev–Trinajstić information content (AvgIpc) is 2.76. The van der Waals surface area contributed by atoms with E-state index in [1.54, 1.807) is 7.11 Å². The fourth-order valence-corrected chi connectivity index (χ4v) is 7.42. The molecule has 2 aromatic carbocycles. The largest absolute Gasteiger partial charge is 0.493 e. The molecule has 0 aliphatic heterocycles. The Morgan fingerprint density at radius 2 is 1.72 bits per heavy atom. The van der Waals surface area contributed by atoms with Gasteiger partial charge in [0.15, 0.2) is 11.5 Å². The highest BCUT2D eigenvalue weighted by atomic mass is 35.5.